The number of unbranched alkanes of at least 4 members (excludes halogenated alkanes) is 6. The van der Waals surface area contributed by atoms with Crippen LogP contribution in [0, 0.1) is 0 Å². The molecule has 0 saturated carbocycles. The summed E-state index contributed by atoms with van der Waals surface area (Å²) in [5, 5.41) is 0. The molecule has 95 valence electrons. The molecule has 2 heteroatoms. The molecule has 0 aliphatic heterocycles. The van der Waals surface area contributed by atoms with Crippen LogP contribution in [0.15, 0.2) is 0 Å². The van der Waals surface area contributed by atoms with Crippen molar-refractivity contribution in [2.45, 2.75) is 84.2 Å². The minimum atomic E-state index is 0.117. The van der Waals surface area contributed by atoms with Crippen LogP contribution >= 0.6 is 0 Å². The summed E-state index contributed by atoms with van der Waals surface area (Å²) in [7, 11) is 0. The van der Waals surface area contributed by atoms with E-state index in [0.717, 1.165) is 12.8 Å². The normalized spacial score (nSPS) is 10.7. The molecule has 0 saturated heterocycles. The first kappa shape index (κ1) is 15.5. The Labute approximate surface area is 101 Å². The van der Waals surface area contributed by atoms with Crippen LogP contribution in [0.5, 0.6) is 0 Å². The second kappa shape index (κ2) is 12.5. The molecule has 2 nitrogen and oxygen atoms in total. The third kappa shape index (κ3) is 10.0. The third-order valence-corrected chi connectivity index (χ3v) is 2.97. The molecule has 0 heterocycles. The quantitative estimate of drug-likeness (QED) is 0.462. The maximum Gasteiger partial charge on any atom is 0.417 e. The Kier molecular flexibility index (Phi) is 12.1. The molecular formula is C14H27O2. The van der Waals surface area contributed by atoms with E-state index in [-0.39, 0.29) is 6.10 Å². The maximum atomic E-state index is 10.2. The van der Waals surface area contributed by atoms with Crippen molar-refractivity contribution in [2.24, 2.45) is 0 Å². The highest BCUT2D eigenvalue weighted by molar-refractivity contribution is 5.38. The Bertz CT molecular complexity index is 134. The predicted octanol–water partition coefficient (Wildman–Crippen LogP) is 4.38. The smallest absolute Gasteiger partial charge is 0.417 e. The highest BCUT2D eigenvalue weighted by Crippen LogP contribution is 2.14. The molecule has 1 radical (unpaired) electrons. The Balaban J connectivity index is 3.49. The fourth-order valence-electron chi connectivity index (χ4n) is 1.93. The van der Waals surface area contributed by atoms with Crippen molar-refractivity contribution in [3.8, 4) is 0 Å². The first-order chi connectivity index (χ1) is 7.85. The zero-order valence-electron chi connectivity index (χ0n) is 11.0. The van der Waals surface area contributed by atoms with Gasteiger partial charge in [0.1, 0.15) is 6.10 Å². The van der Waals surface area contributed by atoms with Gasteiger partial charge in [0.25, 0.3) is 0 Å². The van der Waals surface area contributed by atoms with Gasteiger partial charge in [-0.3, -0.25) is 0 Å². The fourth-order valence-corrected chi connectivity index (χ4v) is 1.93. The summed E-state index contributed by atoms with van der Waals surface area (Å²) in [4.78, 5) is 10.2. The van der Waals surface area contributed by atoms with Gasteiger partial charge < -0.3 is 4.74 Å². The first-order valence-corrected chi connectivity index (χ1v) is 6.87. The highest BCUT2D eigenvalue weighted by Gasteiger charge is 2.08. The number of hydrogen-bond acceptors (Lipinski definition) is 2. The van der Waals surface area contributed by atoms with Gasteiger partial charge in [0.15, 0.2) is 0 Å². The predicted molar refractivity (Wildman–Crippen MR) is 68.1 cm³/mol. The van der Waals surface area contributed by atoms with E-state index in [9.17, 15) is 4.79 Å². The van der Waals surface area contributed by atoms with Crippen LogP contribution < -0.4 is 0 Å². The van der Waals surface area contributed by atoms with Gasteiger partial charge in [-0.25, -0.2) is 4.79 Å². The van der Waals surface area contributed by atoms with Gasteiger partial charge in [-0.05, 0) is 25.7 Å². The molecule has 0 amide bonds. The Hall–Kier alpha value is -0.530. The monoisotopic (exact) mass is 227 g/mol. The standard InChI is InChI=1S/C14H27O2/c1-3-5-7-9-11-14(16-13-15)12-10-8-6-4-2/h14H,3-12H2,1-2H3. The van der Waals surface area contributed by atoms with Gasteiger partial charge in [0, 0.05) is 0 Å². The molecule has 0 aromatic heterocycles. The van der Waals surface area contributed by atoms with Crippen LogP contribution in [0.3, 0.4) is 0 Å². The van der Waals surface area contributed by atoms with Crippen molar-refractivity contribution in [3.05, 3.63) is 0 Å². The lowest BCUT2D eigenvalue weighted by molar-refractivity contribution is 0.151. The van der Waals surface area contributed by atoms with E-state index in [1.54, 1.807) is 6.47 Å². The van der Waals surface area contributed by atoms with Gasteiger partial charge >= 0.3 is 6.47 Å². The third-order valence-electron chi connectivity index (χ3n) is 2.97. The average Bonchev–Trinajstić information content (AvgIpc) is 2.30. The van der Waals surface area contributed by atoms with Gasteiger partial charge in [-0.15, -0.1) is 0 Å². The fraction of sp³-hybridized carbons (Fsp3) is 0.929. The van der Waals surface area contributed by atoms with Crippen molar-refractivity contribution in [2.75, 3.05) is 0 Å². The molecular weight excluding hydrogens is 200 g/mol. The van der Waals surface area contributed by atoms with E-state index in [4.69, 9.17) is 4.74 Å². The van der Waals surface area contributed by atoms with Crippen molar-refractivity contribution >= 4 is 6.47 Å². The van der Waals surface area contributed by atoms with Crippen LogP contribution in [-0.2, 0) is 9.53 Å². The molecule has 16 heavy (non-hydrogen) atoms. The largest absolute Gasteiger partial charge is 0.454 e. The molecule has 0 N–H and O–H groups in total. The molecule has 0 aliphatic carbocycles. The second-order valence-corrected chi connectivity index (χ2v) is 4.52. The molecule has 0 unspecified atom stereocenters. The molecule has 0 aromatic carbocycles. The van der Waals surface area contributed by atoms with Crippen molar-refractivity contribution < 1.29 is 9.53 Å². The Morgan fingerprint density at radius 3 is 1.75 bits per heavy atom. The van der Waals surface area contributed by atoms with Crippen molar-refractivity contribution in [1.82, 2.24) is 0 Å². The number of rotatable bonds is 12. The minimum absolute atomic E-state index is 0.117. The Morgan fingerprint density at radius 2 is 1.38 bits per heavy atom. The Morgan fingerprint density at radius 1 is 0.875 bits per heavy atom. The summed E-state index contributed by atoms with van der Waals surface area (Å²) in [5.74, 6) is 0. The SMILES string of the molecule is CCCCCCC(CCCCCC)O[C]=O. The lowest BCUT2D eigenvalue weighted by Gasteiger charge is -2.14. The summed E-state index contributed by atoms with van der Waals surface area (Å²) in [6.07, 6.45) is 12.1. The zero-order valence-corrected chi connectivity index (χ0v) is 11.0. The van der Waals surface area contributed by atoms with Crippen LogP contribution in [0.4, 0.5) is 0 Å². The van der Waals surface area contributed by atoms with Crippen LogP contribution in [0.2, 0.25) is 0 Å². The molecule has 0 aromatic rings. The topological polar surface area (TPSA) is 26.3 Å². The number of carbonyl (C=O) groups excluding carboxylic acids is 1. The summed E-state index contributed by atoms with van der Waals surface area (Å²) in [6.45, 7) is 6.01. The van der Waals surface area contributed by atoms with Crippen molar-refractivity contribution in [3.63, 3.8) is 0 Å². The molecule has 0 atom stereocenters. The summed E-state index contributed by atoms with van der Waals surface area (Å²) < 4.78 is 5.00. The van der Waals surface area contributed by atoms with Crippen LogP contribution in [0.25, 0.3) is 0 Å². The van der Waals surface area contributed by atoms with Gasteiger partial charge in [-0.1, -0.05) is 52.4 Å². The molecule has 0 bridgehead atoms. The van der Waals surface area contributed by atoms with E-state index in [1.165, 1.54) is 51.4 Å². The molecule has 0 aliphatic rings. The second-order valence-electron chi connectivity index (χ2n) is 4.52. The lowest BCUT2D eigenvalue weighted by Crippen LogP contribution is -2.11. The van der Waals surface area contributed by atoms with E-state index in [1.807, 2.05) is 0 Å². The van der Waals surface area contributed by atoms with Crippen LogP contribution in [0.1, 0.15) is 78.1 Å². The number of hydrogen-bond donors (Lipinski definition) is 0. The first-order valence-electron chi connectivity index (χ1n) is 6.87. The molecule has 0 rings (SSSR count). The summed E-state index contributed by atoms with van der Waals surface area (Å²) >= 11 is 0. The summed E-state index contributed by atoms with van der Waals surface area (Å²) in [5.41, 5.74) is 0. The number of ether oxygens (including phenoxy) is 1. The van der Waals surface area contributed by atoms with Gasteiger partial charge in [0.2, 0.25) is 0 Å². The van der Waals surface area contributed by atoms with Crippen molar-refractivity contribution in [1.29, 1.82) is 0 Å². The van der Waals surface area contributed by atoms with Crippen LogP contribution in [-0.4, -0.2) is 12.6 Å². The molecule has 0 spiro atoms. The highest BCUT2D eigenvalue weighted by atomic mass is 16.5. The summed E-state index contributed by atoms with van der Waals surface area (Å²) in [6, 6.07) is 0. The zero-order chi connectivity index (χ0) is 12.1. The van der Waals surface area contributed by atoms with E-state index >= 15 is 0 Å². The molecule has 0 fully saturated rings. The van der Waals surface area contributed by atoms with E-state index < -0.39 is 0 Å². The van der Waals surface area contributed by atoms with Gasteiger partial charge in [-0.2, -0.15) is 0 Å². The van der Waals surface area contributed by atoms with Gasteiger partial charge in [0.05, 0.1) is 0 Å². The average molecular weight is 227 g/mol. The van der Waals surface area contributed by atoms with E-state index in [2.05, 4.69) is 13.8 Å². The minimum Gasteiger partial charge on any atom is -0.454 e. The lowest BCUT2D eigenvalue weighted by atomic mass is 10.0. The van der Waals surface area contributed by atoms with E-state index in [0.29, 0.717) is 0 Å². The maximum absolute atomic E-state index is 10.2.